The lowest BCUT2D eigenvalue weighted by molar-refractivity contribution is 0.139. The normalized spacial score (nSPS) is 19.9. The summed E-state index contributed by atoms with van der Waals surface area (Å²) in [4.78, 5) is 4.40. The van der Waals surface area contributed by atoms with Gasteiger partial charge in [0.05, 0.1) is 11.1 Å². The van der Waals surface area contributed by atoms with Crippen LogP contribution >= 0.6 is 23.1 Å². The summed E-state index contributed by atoms with van der Waals surface area (Å²) in [5.41, 5.74) is 1.07. The van der Waals surface area contributed by atoms with E-state index in [1.165, 1.54) is 24.3 Å². The predicted octanol–water partition coefficient (Wildman–Crippen LogP) is 2.89. The van der Waals surface area contributed by atoms with Gasteiger partial charge in [-0.3, -0.25) is 0 Å². The van der Waals surface area contributed by atoms with Crippen molar-refractivity contribution in [1.82, 2.24) is 4.98 Å². The lowest BCUT2D eigenvalue weighted by atomic mass is 9.94. The number of aromatic nitrogens is 1. The van der Waals surface area contributed by atoms with Gasteiger partial charge in [-0.15, -0.1) is 11.3 Å². The predicted molar refractivity (Wildman–Crippen MR) is 71.2 cm³/mol. The molecular formula is C12H19NOS2. The topological polar surface area (TPSA) is 33.1 Å². The van der Waals surface area contributed by atoms with E-state index in [4.69, 9.17) is 0 Å². The number of hydrogen-bond acceptors (Lipinski definition) is 4. The Morgan fingerprint density at radius 1 is 1.50 bits per heavy atom. The third kappa shape index (κ3) is 3.75. The highest BCUT2D eigenvalue weighted by molar-refractivity contribution is 7.99. The average molecular weight is 257 g/mol. The van der Waals surface area contributed by atoms with Gasteiger partial charge in [-0.25, -0.2) is 4.98 Å². The van der Waals surface area contributed by atoms with Crippen LogP contribution < -0.4 is 0 Å². The minimum absolute atomic E-state index is 0.196. The van der Waals surface area contributed by atoms with Crippen molar-refractivity contribution in [1.29, 1.82) is 0 Å². The molecule has 0 amide bonds. The third-order valence-corrected chi connectivity index (χ3v) is 5.06. The molecule has 1 fully saturated rings. The van der Waals surface area contributed by atoms with Crippen molar-refractivity contribution >= 4 is 23.1 Å². The van der Waals surface area contributed by atoms with Crippen molar-refractivity contribution in [3.63, 3.8) is 0 Å². The first-order valence-electron chi connectivity index (χ1n) is 5.91. The van der Waals surface area contributed by atoms with E-state index in [1.54, 1.807) is 11.3 Å². The van der Waals surface area contributed by atoms with E-state index in [9.17, 15) is 5.11 Å². The molecule has 1 N–H and O–H groups in total. The lowest BCUT2D eigenvalue weighted by Crippen LogP contribution is -2.19. The van der Waals surface area contributed by atoms with Gasteiger partial charge in [-0.1, -0.05) is 0 Å². The zero-order valence-corrected chi connectivity index (χ0v) is 11.3. The van der Waals surface area contributed by atoms with Crippen LogP contribution in [0.4, 0.5) is 0 Å². The SMILES string of the molecule is Cc1csc(CC(O)CC2CCSCC2)n1. The minimum Gasteiger partial charge on any atom is -0.393 e. The number of rotatable bonds is 4. The maximum Gasteiger partial charge on any atom is 0.0953 e. The van der Waals surface area contributed by atoms with Crippen LogP contribution in [-0.2, 0) is 6.42 Å². The second-order valence-corrected chi connectivity index (χ2v) is 6.70. The first-order chi connectivity index (χ1) is 7.74. The highest BCUT2D eigenvalue weighted by atomic mass is 32.2. The summed E-state index contributed by atoms with van der Waals surface area (Å²) in [5.74, 6) is 3.28. The summed E-state index contributed by atoms with van der Waals surface area (Å²) >= 11 is 3.71. The van der Waals surface area contributed by atoms with E-state index in [-0.39, 0.29) is 6.10 Å². The number of thioether (sulfide) groups is 1. The fourth-order valence-electron chi connectivity index (χ4n) is 2.15. The smallest absolute Gasteiger partial charge is 0.0953 e. The van der Waals surface area contributed by atoms with Gasteiger partial charge in [0.15, 0.2) is 0 Å². The van der Waals surface area contributed by atoms with Crippen LogP contribution in [0, 0.1) is 12.8 Å². The van der Waals surface area contributed by atoms with Gasteiger partial charge in [0, 0.05) is 17.5 Å². The summed E-state index contributed by atoms with van der Waals surface area (Å²) in [6, 6.07) is 0. The van der Waals surface area contributed by atoms with Gasteiger partial charge in [0.2, 0.25) is 0 Å². The summed E-state index contributed by atoms with van der Waals surface area (Å²) in [6.07, 6.45) is 4.05. The molecule has 2 nitrogen and oxygen atoms in total. The quantitative estimate of drug-likeness (QED) is 0.900. The van der Waals surface area contributed by atoms with Crippen molar-refractivity contribution in [2.24, 2.45) is 5.92 Å². The highest BCUT2D eigenvalue weighted by Gasteiger charge is 2.18. The molecule has 0 aromatic carbocycles. The molecule has 4 heteroatoms. The van der Waals surface area contributed by atoms with Crippen LogP contribution in [0.5, 0.6) is 0 Å². The standard InChI is InChI=1S/C12H19NOS2/c1-9-8-16-12(13-9)7-11(14)6-10-2-4-15-5-3-10/h8,10-11,14H,2-7H2,1H3. The van der Waals surface area contributed by atoms with E-state index in [0.29, 0.717) is 0 Å². The van der Waals surface area contributed by atoms with E-state index < -0.39 is 0 Å². The minimum atomic E-state index is -0.196. The summed E-state index contributed by atoms with van der Waals surface area (Å²) in [7, 11) is 0. The molecule has 0 saturated carbocycles. The Bertz CT molecular complexity index is 321. The Morgan fingerprint density at radius 3 is 2.88 bits per heavy atom. The molecule has 16 heavy (non-hydrogen) atoms. The zero-order valence-electron chi connectivity index (χ0n) is 9.69. The molecule has 2 rings (SSSR count). The van der Waals surface area contributed by atoms with Gasteiger partial charge in [-0.05, 0) is 43.6 Å². The molecular weight excluding hydrogens is 238 g/mol. The van der Waals surface area contributed by atoms with Crippen LogP contribution in [0.1, 0.15) is 30.0 Å². The van der Waals surface area contributed by atoms with Crippen molar-refractivity contribution < 1.29 is 5.11 Å². The summed E-state index contributed by atoms with van der Waals surface area (Å²) < 4.78 is 0. The fraction of sp³-hybridized carbons (Fsp3) is 0.750. The first-order valence-corrected chi connectivity index (χ1v) is 7.94. The van der Waals surface area contributed by atoms with Crippen LogP contribution in [0.2, 0.25) is 0 Å². The Morgan fingerprint density at radius 2 is 2.25 bits per heavy atom. The first kappa shape index (κ1) is 12.4. The number of aliphatic hydroxyl groups is 1. The fourth-order valence-corrected chi connectivity index (χ4v) is 4.20. The number of nitrogens with zero attached hydrogens (tertiary/aromatic N) is 1. The molecule has 0 spiro atoms. The molecule has 1 aliphatic heterocycles. The van der Waals surface area contributed by atoms with Gasteiger partial charge in [-0.2, -0.15) is 11.8 Å². The van der Waals surface area contributed by atoms with Gasteiger partial charge < -0.3 is 5.11 Å². The molecule has 2 heterocycles. The molecule has 0 radical (unpaired) electrons. The van der Waals surface area contributed by atoms with E-state index in [0.717, 1.165) is 29.5 Å². The van der Waals surface area contributed by atoms with Crippen LogP contribution in [-0.4, -0.2) is 27.7 Å². The maximum absolute atomic E-state index is 10.0. The molecule has 90 valence electrons. The summed E-state index contributed by atoms with van der Waals surface area (Å²) in [5, 5.41) is 13.2. The zero-order chi connectivity index (χ0) is 11.4. The maximum atomic E-state index is 10.0. The third-order valence-electron chi connectivity index (χ3n) is 3.02. The molecule has 0 bridgehead atoms. The van der Waals surface area contributed by atoms with Gasteiger partial charge >= 0.3 is 0 Å². The molecule has 1 saturated heterocycles. The summed E-state index contributed by atoms with van der Waals surface area (Å²) in [6.45, 7) is 2.00. The Kier molecular flexibility index (Phi) is 4.67. The van der Waals surface area contributed by atoms with E-state index >= 15 is 0 Å². The van der Waals surface area contributed by atoms with Crippen molar-refractivity contribution in [3.05, 3.63) is 16.1 Å². The number of thiazole rings is 1. The Labute approximate surface area is 105 Å². The van der Waals surface area contributed by atoms with Crippen LogP contribution in [0.3, 0.4) is 0 Å². The molecule has 0 aliphatic carbocycles. The van der Waals surface area contributed by atoms with Crippen molar-refractivity contribution in [2.45, 2.75) is 38.7 Å². The van der Waals surface area contributed by atoms with Crippen LogP contribution in [0.25, 0.3) is 0 Å². The largest absolute Gasteiger partial charge is 0.393 e. The molecule has 1 unspecified atom stereocenters. The second-order valence-electron chi connectivity index (χ2n) is 4.53. The number of hydrogen-bond donors (Lipinski definition) is 1. The number of aryl methyl sites for hydroxylation is 1. The lowest BCUT2D eigenvalue weighted by Gasteiger charge is -2.23. The Hall–Kier alpha value is -0.0600. The van der Waals surface area contributed by atoms with E-state index in [1.807, 2.05) is 18.7 Å². The van der Waals surface area contributed by atoms with Gasteiger partial charge in [0.1, 0.15) is 0 Å². The molecule has 1 atom stereocenters. The number of aliphatic hydroxyl groups excluding tert-OH is 1. The van der Waals surface area contributed by atoms with Gasteiger partial charge in [0.25, 0.3) is 0 Å². The monoisotopic (exact) mass is 257 g/mol. The highest BCUT2D eigenvalue weighted by Crippen LogP contribution is 2.27. The molecule has 1 aromatic rings. The van der Waals surface area contributed by atoms with Crippen LogP contribution in [0.15, 0.2) is 5.38 Å². The van der Waals surface area contributed by atoms with E-state index in [2.05, 4.69) is 10.4 Å². The average Bonchev–Trinajstić information content (AvgIpc) is 2.65. The Balaban J connectivity index is 1.77. The second kappa shape index (κ2) is 6.03. The molecule has 1 aliphatic rings. The van der Waals surface area contributed by atoms with Crippen molar-refractivity contribution in [3.8, 4) is 0 Å². The van der Waals surface area contributed by atoms with Crippen molar-refractivity contribution in [2.75, 3.05) is 11.5 Å². The molecule has 1 aromatic heterocycles.